The number of aliphatic carboxylic acids is 1. The van der Waals surface area contributed by atoms with Crippen molar-refractivity contribution in [1.29, 1.82) is 0 Å². The molecule has 1 unspecified atom stereocenters. The van der Waals surface area contributed by atoms with Crippen LogP contribution in [0.25, 0.3) is 0 Å². The first-order valence-corrected chi connectivity index (χ1v) is 7.88. The van der Waals surface area contributed by atoms with Crippen molar-refractivity contribution in [3.05, 3.63) is 24.3 Å². The SMILES string of the molecule is CC1(S(=O)(=O)N2CCC(C(=O)O)CC2)C=CC=CC1. The second kappa shape index (κ2) is 5.09. The summed E-state index contributed by atoms with van der Waals surface area (Å²) in [4.78, 5) is 10.9. The highest BCUT2D eigenvalue weighted by atomic mass is 32.2. The third-order valence-corrected chi connectivity index (χ3v) is 6.48. The standard InChI is InChI=1S/C13H19NO4S/c1-13(7-3-2-4-8-13)19(17,18)14-9-5-11(6-10-14)12(15)16/h2-4,7,11H,5-6,8-10H2,1H3,(H,15,16). The lowest BCUT2D eigenvalue weighted by Gasteiger charge is -2.36. The Hall–Kier alpha value is -1.14. The Morgan fingerprint density at radius 2 is 1.95 bits per heavy atom. The third kappa shape index (κ3) is 2.60. The number of nitrogens with zero attached hydrogens (tertiary/aromatic N) is 1. The Bertz CT molecular complexity index is 515. The highest BCUT2D eigenvalue weighted by Crippen LogP contribution is 2.32. The van der Waals surface area contributed by atoms with Crippen molar-refractivity contribution in [1.82, 2.24) is 4.31 Å². The van der Waals surface area contributed by atoms with Crippen molar-refractivity contribution in [2.24, 2.45) is 5.92 Å². The minimum absolute atomic E-state index is 0.298. The second-order valence-corrected chi connectivity index (χ2v) is 7.72. The van der Waals surface area contributed by atoms with Crippen LogP contribution in [0.2, 0.25) is 0 Å². The zero-order valence-corrected chi connectivity index (χ0v) is 11.8. The Kier molecular flexibility index (Phi) is 3.82. The number of carbonyl (C=O) groups is 1. The van der Waals surface area contributed by atoms with E-state index in [0.29, 0.717) is 32.4 Å². The minimum atomic E-state index is -3.43. The number of sulfonamides is 1. The lowest BCUT2D eigenvalue weighted by molar-refractivity contribution is -0.142. The van der Waals surface area contributed by atoms with Gasteiger partial charge in [0, 0.05) is 13.1 Å². The molecule has 1 aliphatic carbocycles. The van der Waals surface area contributed by atoms with Crippen LogP contribution in [0.15, 0.2) is 24.3 Å². The van der Waals surface area contributed by atoms with Gasteiger partial charge in [0.1, 0.15) is 4.75 Å². The van der Waals surface area contributed by atoms with Gasteiger partial charge in [-0.1, -0.05) is 24.3 Å². The molecule has 1 aliphatic heterocycles. The predicted molar refractivity (Wildman–Crippen MR) is 72.2 cm³/mol. The van der Waals surface area contributed by atoms with Crippen LogP contribution in [0.3, 0.4) is 0 Å². The first-order valence-electron chi connectivity index (χ1n) is 6.44. The van der Waals surface area contributed by atoms with Gasteiger partial charge in [0.25, 0.3) is 0 Å². The minimum Gasteiger partial charge on any atom is -0.481 e. The molecule has 106 valence electrons. The zero-order chi connectivity index (χ0) is 14.1. The smallest absolute Gasteiger partial charge is 0.306 e. The van der Waals surface area contributed by atoms with Crippen molar-refractivity contribution in [2.75, 3.05) is 13.1 Å². The first-order chi connectivity index (χ1) is 8.87. The van der Waals surface area contributed by atoms with Gasteiger partial charge < -0.3 is 5.11 Å². The average molecular weight is 285 g/mol. The topological polar surface area (TPSA) is 74.7 Å². The molecule has 0 spiro atoms. The van der Waals surface area contributed by atoms with E-state index in [1.165, 1.54) is 4.31 Å². The van der Waals surface area contributed by atoms with E-state index in [9.17, 15) is 13.2 Å². The molecular formula is C13H19NO4S. The van der Waals surface area contributed by atoms with Crippen LogP contribution in [-0.2, 0) is 14.8 Å². The molecule has 1 atom stereocenters. The molecule has 0 aromatic rings. The fraction of sp³-hybridized carbons (Fsp3) is 0.615. The number of carboxylic acid groups (broad SMARTS) is 1. The summed E-state index contributed by atoms with van der Waals surface area (Å²) in [6, 6.07) is 0. The highest BCUT2D eigenvalue weighted by Gasteiger charge is 2.42. The van der Waals surface area contributed by atoms with E-state index in [1.807, 2.05) is 12.2 Å². The molecule has 1 saturated heterocycles. The van der Waals surface area contributed by atoms with Gasteiger partial charge in [-0.25, -0.2) is 12.7 Å². The molecule has 1 heterocycles. The summed E-state index contributed by atoms with van der Waals surface area (Å²) in [6.07, 6.45) is 8.41. The van der Waals surface area contributed by atoms with E-state index < -0.39 is 26.7 Å². The number of piperidine rings is 1. The summed E-state index contributed by atoms with van der Waals surface area (Å²) in [5, 5.41) is 8.94. The molecule has 2 rings (SSSR count). The molecule has 0 aromatic heterocycles. The summed E-state index contributed by atoms with van der Waals surface area (Å²) in [5.41, 5.74) is 0. The second-order valence-electron chi connectivity index (χ2n) is 5.32. The van der Waals surface area contributed by atoms with Gasteiger partial charge in [0.15, 0.2) is 0 Å². The molecule has 0 bridgehead atoms. The number of hydrogen-bond donors (Lipinski definition) is 1. The molecule has 19 heavy (non-hydrogen) atoms. The highest BCUT2D eigenvalue weighted by molar-refractivity contribution is 7.90. The maximum Gasteiger partial charge on any atom is 0.306 e. The normalized spacial score (nSPS) is 29.5. The quantitative estimate of drug-likeness (QED) is 0.850. The van der Waals surface area contributed by atoms with E-state index >= 15 is 0 Å². The van der Waals surface area contributed by atoms with Crippen LogP contribution in [-0.4, -0.2) is 41.6 Å². The van der Waals surface area contributed by atoms with Gasteiger partial charge >= 0.3 is 5.97 Å². The van der Waals surface area contributed by atoms with Crippen LogP contribution in [0.4, 0.5) is 0 Å². The predicted octanol–water partition coefficient (Wildman–Crippen LogP) is 1.39. The van der Waals surface area contributed by atoms with Crippen LogP contribution >= 0.6 is 0 Å². The van der Waals surface area contributed by atoms with Gasteiger partial charge in [-0.3, -0.25) is 4.79 Å². The number of rotatable bonds is 3. The molecule has 0 radical (unpaired) electrons. The molecular weight excluding hydrogens is 266 g/mol. The summed E-state index contributed by atoms with van der Waals surface area (Å²) in [7, 11) is -3.43. The summed E-state index contributed by atoms with van der Waals surface area (Å²) in [5.74, 6) is -1.25. The van der Waals surface area contributed by atoms with E-state index in [0.717, 1.165) is 0 Å². The lowest BCUT2D eigenvalue weighted by atomic mass is 9.99. The monoisotopic (exact) mass is 285 g/mol. The van der Waals surface area contributed by atoms with Gasteiger partial charge in [0.2, 0.25) is 10.0 Å². The van der Waals surface area contributed by atoms with E-state index in [1.54, 1.807) is 19.1 Å². The van der Waals surface area contributed by atoms with Crippen molar-refractivity contribution in [2.45, 2.75) is 30.9 Å². The van der Waals surface area contributed by atoms with Crippen molar-refractivity contribution < 1.29 is 18.3 Å². The van der Waals surface area contributed by atoms with Crippen LogP contribution in [0.1, 0.15) is 26.2 Å². The van der Waals surface area contributed by atoms with Crippen LogP contribution in [0, 0.1) is 5.92 Å². The molecule has 0 saturated carbocycles. The van der Waals surface area contributed by atoms with Gasteiger partial charge in [-0.15, -0.1) is 0 Å². The molecule has 5 nitrogen and oxygen atoms in total. The Labute approximate surface area is 113 Å². The fourth-order valence-electron chi connectivity index (χ4n) is 2.54. The Morgan fingerprint density at radius 1 is 1.32 bits per heavy atom. The van der Waals surface area contributed by atoms with Gasteiger partial charge in [0.05, 0.1) is 5.92 Å². The Balaban J connectivity index is 2.12. The van der Waals surface area contributed by atoms with Crippen LogP contribution in [0.5, 0.6) is 0 Å². The molecule has 0 amide bonds. The van der Waals surface area contributed by atoms with E-state index in [4.69, 9.17) is 5.11 Å². The van der Waals surface area contributed by atoms with Crippen molar-refractivity contribution >= 4 is 16.0 Å². The average Bonchev–Trinajstić information content (AvgIpc) is 2.39. The van der Waals surface area contributed by atoms with Crippen molar-refractivity contribution in [3.63, 3.8) is 0 Å². The summed E-state index contributed by atoms with van der Waals surface area (Å²) < 4.78 is 25.8. The van der Waals surface area contributed by atoms with Crippen LogP contribution < -0.4 is 0 Å². The fourth-order valence-corrected chi connectivity index (χ4v) is 4.38. The molecule has 6 heteroatoms. The number of allylic oxidation sites excluding steroid dienone is 3. The lowest BCUT2D eigenvalue weighted by Crippen LogP contribution is -2.49. The van der Waals surface area contributed by atoms with Gasteiger partial charge in [-0.05, 0) is 26.2 Å². The first kappa shape index (κ1) is 14.3. The Morgan fingerprint density at radius 3 is 2.42 bits per heavy atom. The number of carboxylic acids is 1. The van der Waals surface area contributed by atoms with E-state index in [-0.39, 0.29) is 0 Å². The molecule has 2 aliphatic rings. The van der Waals surface area contributed by atoms with Gasteiger partial charge in [-0.2, -0.15) is 0 Å². The molecule has 0 aromatic carbocycles. The maximum atomic E-state index is 12.6. The summed E-state index contributed by atoms with van der Waals surface area (Å²) in [6.45, 7) is 2.31. The molecule has 1 N–H and O–H groups in total. The third-order valence-electron chi connectivity index (χ3n) is 3.95. The zero-order valence-electron chi connectivity index (χ0n) is 10.9. The van der Waals surface area contributed by atoms with Crippen molar-refractivity contribution in [3.8, 4) is 0 Å². The maximum absolute atomic E-state index is 12.6. The summed E-state index contributed by atoms with van der Waals surface area (Å²) >= 11 is 0. The largest absolute Gasteiger partial charge is 0.481 e. The molecule has 1 fully saturated rings. The number of hydrogen-bond acceptors (Lipinski definition) is 3. The van der Waals surface area contributed by atoms with E-state index in [2.05, 4.69) is 0 Å².